The second kappa shape index (κ2) is 5.52. The fourth-order valence-electron chi connectivity index (χ4n) is 1.83. The molecule has 0 aliphatic heterocycles. The fraction of sp³-hybridized carbons (Fsp3) is 0.133. The van der Waals surface area contributed by atoms with Crippen LogP contribution in [0.3, 0.4) is 0 Å². The number of nitrogens with one attached hydrogen (secondary N) is 1. The van der Waals surface area contributed by atoms with E-state index in [4.69, 9.17) is 0 Å². The molecule has 3 aromatic heterocycles. The van der Waals surface area contributed by atoms with Crippen LogP contribution in [0.1, 0.15) is 11.3 Å². The van der Waals surface area contributed by atoms with Crippen molar-refractivity contribution < 1.29 is 0 Å². The number of pyridine rings is 2. The molecule has 20 heavy (non-hydrogen) atoms. The highest BCUT2D eigenvalue weighted by Gasteiger charge is 1.99. The second-order valence-corrected chi connectivity index (χ2v) is 4.54. The Kier molecular flexibility index (Phi) is 3.41. The Hall–Kier alpha value is -2.69. The van der Waals surface area contributed by atoms with Crippen molar-refractivity contribution >= 4 is 5.69 Å². The van der Waals surface area contributed by atoms with Gasteiger partial charge in [-0.05, 0) is 36.8 Å². The average molecular weight is 265 g/mol. The number of aromatic nitrogens is 4. The van der Waals surface area contributed by atoms with Crippen LogP contribution < -0.4 is 5.32 Å². The Balaban J connectivity index is 1.65. The van der Waals surface area contributed by atoms with Crippen molar-refractivity contribution in [1.82, 2.24) is 19.7 Å². The highest BCUT2D eigenvalue weighted by molar-refractivity contribution is 5.43. The molecule has 0 atom stereocenters. The van der Waals surface area contributed by atoms with Gasteiger partial charge >= 0.3 is 0 Å². The Morgan fingerprint density at radius 2 is 2.05 bits per heavy atom. The standard InChI is InChI=1S/C15H15N5/c1-12-3-4-13(16-9-12)10-17-14-5-6-15(18-11-14)20-8-2-7-19-20/h2-9,11,17H,10H2,1H3. The first-order valence-electron chi connectivity index (χ1n) is 6.43. The van der Waals surface area contributed by atoms with Gasteiger partial charge in [0.1, 0.15) is 0 Å². The lowest BCUT2D eigenvalue weighted by atomic mass is 10.2. The molecule has 1 N–H and O–H groups in total. The molecule has 5 nitrogen and oxygen atoms in total. The van der Waals surface area contributed by atoms with Crippen LogP contribution in [0, 0.1) is 6.92 Å². The molecule has 3 rings (SSSR count). The number of anilines is 1. The van der Waals surface area contributed by atoms with Crippen molar-refractivity contribution in [3.05, 3.63) is 66.4 Å². The van der Waals surface area contributed by atoms with Crippen LogP contribution in [0.25, 0.3) is 5.82 Å². The summed E-state index contributed by atoms with van der Waals surface area (Å²) >= 11 is 0. The third-order valence-electron chi connectivity index (χ3n) is 2.93. The highest BCUT2D eigenvalue weighted by atomic mass is 15.3. The van der Waals surface area contributed by atoms with Gasteiger partial charge in [-0.15, -0.1) is 0 Å². The Morgan fingerprint density at radius 3 is 2.70 bits per heavy atom. The number of hydrogen-bond donors (Lipinski definition) is 1. The summed E-state index contributed by atoms with van der Waals surface area (Å²) in [6.45, 7) is 2.71. The van der Waals surface area contributed by atoms with Crippen molar-refractivity contribution in [2.24, 2.45) is 0 Å². The van der Waals surface area contributed by atoms with Crippen molar-refractivity contribution in [2.45, 2.75) is 13.5 Å². The summed E-state index contributed by atoms with van der Waals surface area (Å²) < 4.78 is 1.73. The van der Waals surface area contributed by atoms with Gasteiger partial charge < -0.3 is 5.32 Å². The topological polar surface area (TPSA) is 55.6 Å². The average Bonchev–Trinajstić information content (AvgIpc) is 3.01. The van der Waals surface area contributed by atoms with Gasteiger partial charge in [0, 0.05) is 18.6 Å². The Bertz CT molecular complexity index is 656. The molecule has 3 heterocycles. The molecule has 0 saturated carbocycles. The smallest absolute Gasteiger partial charge is 0.153 e. The number of aryl methyl sites for hydroxylation is 1. The molecule has 0 fully saturated rings. The molecule has 0 aliphatic carbocycles. The van der Waals surface area contributed by atoms with Crippen molar-refractivity contribution in [1.29, 1.82) is 0 Å². The zero-order valence-electron chi connectivity index (χ0n) is 11.2. The van der Waals surface area contributed by atoms with E-state index in [2.05, 4.69) is 26.4 Å². The zero-order valence-corrected chi connectivity index (χ0v) is 11.2. The second-order valence-electron chi connectivity index (χ2n) is 4.54. The molecule has 0 aromatic carbocycles. The third-order valence-corrected chi connectivity index (χ3v) is 2.93. The van der Waals surface area contributed by atoms with E-state index in [1.54, 1.807) is 17.1 Å². The molecule has 0 spiro atoms. The van der Waals surface area contributed by atoms with Gasteiger partial charge in [0.15, 0.2) is 5.82 Å². The predicted octanol–water partition coefficient (Wildman–Crippen LogP) is 2.58. The van der Waals surface area contributed by atoms with E-state index < -0.39 is 0 Å². The fourth-order valence-corrected chi connectivity index (χ4v) is 1.83. The molecular formula is C15H15N5. The molecule has 0 radical (unpaired) electrons. The maximum Gasteiger partial charge on any atom is 0.153 e. The SMILES string of the molecule is Cc1ccc(CNc2ccc(-n3cccn3)nc2)nc1. The van der Waals surface area contributed by atoms with E-state index in [0.717, 1.165) is 17.2 Å². The summed E-state index contributed by atoms with van der Waals surface area (Å²) in [6.07, 6.45) is 7.27. The Morgan fingerprint density at radius 1 is 1.10 bits per heavy atom. The van der Waals surface area contributed by atoms with Crippen molar-refractivity contribution in [3.8, 4) is 5.82 Å². The zero-order chi connectivity index (χ0) is 13.8. The van der Waals surface area contributed by atoms with Crippen LogP contribution in [0.15, 0.2) is 55.1 Å². The van der Waals surface area contributed by atoms with E-state index in [1.165, 1.54) is 5.56 Å². The van der Waals surface area contributed by atoms with E-state index in [1.807, 2.05) is 43.6 Å². The summed E-state index contributed by atoms with van der Waals surface area (Å²) in [7, 11) is 0. The van der Waals surface area contributed by atoms with Gasteiger partial charge in [0.25, 0.3) is 0 Å². The van der Waals surface area contributed by atoms with Crippen molar-refractivity contribution in [2.75, 3.05) is 5.32 Å². The van der Waals surface area contributed by atoms with Gasteiger partial charge in [-0.1, -0.05) is 6.07 Å². The van der Waals surface area contributed by atoms with Crippen LogP contribution in [0.4, 0.5) is 5.69 Å². The lowest BCUT2D eigenvalue weighted by Gasteiger charge is -2.07. The minimum absolute atomic E-state index is 0.684. The third kappa shape index (κ3) is 2.83. The lowest BCUT2D eigenvalue weighted by Crippen LogP contribution is -2.03. The first-order valence-corrected chi connectivity index (χ1v) is 6.43. The van der Waals surface area contributed by atoms with E-state index in [-0.39, 0.29) is 0 Å². The summed E-state index contributed by atoms with van der Waals surface area (Å²) in [4.78, 5) is 8.72. The van der Waals surface area contributed by atoms with E-state index in [9.17, 15) is 0 Å². The molecule has 0 unspecified atom stereocenters. The summed E-state index contributed by atoms with van der Waals surface area (Å²) in [6, 6.07) is 9.87. The first-order chi connectivity index (χ1) is 9.81. The van der Waals surface area contributed by atoms with Crippen LogP contribution in [-0.4, -0.2) is 19.7 Å². The minimum atomic E-state index is 0.684. The molecular weight excluding hydrogens is 250 g/mol. The summed E-state index contributed by atoms with van der Waals surface area (Å²) in [5.74, 6) is 0.800. The molecule has 0 aliphatic rings. The van der Waals surface area contributed by atoms with Gasteiger partial charge in [-0.2, -0.15) is 5.10 Å². The normalized spacial score (nSPS) is 10.4. The van der Waals surface area contributed by atoms with Gasteiger partial charge in [0.05, 0.1) is 24.1 Å². The lowest BCUT2D eigenvalue weighted by molar-refractivity contribution is 0.847. The predicted molar refractivity (Wildman–Crippen MR) is 77.7 cm³/mol. The number of hydrogen-bond acceptors (Lipinski definition) is 4. The molecule has 5 heteroatoms. The van der Waals surface area contributed by atoms with Crippen molar-refractivity contribution in [3.63, 3.8) is 0 Å². The van der Waals surface area contributed by atoms with Gasteiger partial charge in [0.2, 0.25) is 0 Å². The molecule has 100 valence electrons. The molecule has 0 saturated heterocycles. The maximum absolute atomic E-state index is 4.37. The molecule has 0 bridgehead atoms. The van der Waals surface area contributed by atoms with E-state index >= 15 is 0 Å². The maximum atomic E-state index is 4.37. The largest absolute Gasteiger partial charge is 0.378 e. The minimum Gasteiger partial charge on any atom is -0.378 e. The highest BCUT2D eigenvalue weighted by Crippen LogP contribution is 2.10. The quantitative estimate of drug-likeness (QED) is 0.787. The monoisotopic (exact) mass is 265 g/mol. The number of nitrogens with zero attached hydrogens (tertiary/aromatic N) is 4. The van der Waals surface area contributed by atoms with E-state index in [0.29, 0.717) is 6.54 Å². The van der Waals surface area contributed by atoms with Gasteiger partial charge in [-0.25, -0.2) is 9.67 Å². The first kappa shape index (κ1) is 12.3. The number of rotatable bonds is 4. The Labute approximate surface area is 117 Å². The molecule has 3 aromatic rings. The van der Waals surface area contributed by atoms with Gasteiger partial charge in [-0.3, -0.25) is 4.98 Å². The van der Waals surface area contributed by atoms with Crippen LogP contribution in [0.5, 0.6) is 0 Å². The summed E-state index contributed by atoms with van der Waals surface area (Å²) in [5.41, 5.74) is 3.13. The molecule has 0 amide bonds. The van der Waals surface area contributed by atoms with Crippen LogP contribution >= 0.6 is 0 Å². The van der Waals surface area contributed by atoms with Crippen LogP contribution in [-0.2, 0) is 6.54 Å². The summed E-state index contributed by atoms with van der Waals surface area (Å²) in [5, 5.41) is 7.44. The van der Waals surface area contributed by atoms with Crippen LogP contribution in [0.2, 0.25) is 0 Å².